The van der Waals surface area contributed by atoms with Gasteiger partial charge in [0, 0.05) is 13.1 Å². The Hall–Kier alpha value is -3.85. The van der Waals surface area contributed by atoms with Crippen LogP contribution in [0.3, 0.4) is 0 Å². The Morgan fingerprint density at radius 2 is 1.54 bits per heavy atom. The zero-order valence-corrected chi connectivity index (χ0v) is 25.4. The molecule has 3 aromatic carbocycles. The van der Waals surface area contributed by atoms with Gasteiger partial charge in [-0.2, -0.15) is 0 Å². The first-order chi connectivity index (χ1) is 19.6. The second kappa shape index (κ2) is 14.7. The SMILES string of the molecule is CCOc1ccccc1N(CC(=O)N(Cc1ccc(C)cc1)C(CC)C(=O)NCC(C)C)S(=O)(=O)c1ccccc1. The van der Waals surface area contributed by atoms with Crippen LogP contribution in [0.15, 0.2) is 83.8 Å². The van der Waals surface area contributed by atoms with Crippen LogP contribution in [0.2, 0.25) is 0 Å². The van der Waals surface area contributed by atoms with Crippen LogP contribution >= 0.6 is 0 Å². The number of ether oxygens (including phenoxy) is 1. The van der Waals surface area contributed by atoms with Crippen molar-refractivity contribution in [2.24, 2.45) is 5.92 Å². The summed E-state index contributed by atoms with van der Waals surface area (Å²) in [6.45, 7) is 10.1. The molecule has 3 rings (SSSR count). The van der Waals surface area contributed by atoms with Crippen molar-refractivity contribution in [3.8, 4) is 5.75 Å². The van der Waals surface area contributed by atoms with E-state index in [0.29, 0.717) is 25.3 Å². The molecule has 1 atom stereocenters. The number of anilines is 1. The van der Waals surface area contributed by atoms with Crippen molar-refractivity contribution in [2.45, 2.75) is 58.5 Å². The highest BCUT2D eigenvalue weighted by Crippen LogP contribution is 2.33. The molecule has 1 unspecified atom stereocenters. The zero-order valence-electron chi connectivity index (χ0n) is 24.5. The van der Waals surface area contributed by atoms with Crippen LogP contribution in [0.5, 0.6) is 5.75 Å². The summed E-state index contributed by atoms with van der Waals surface area (Å²) in [5, 5.41) is 2.95. The topological polar surface area (TPSA) is 96.0 Å². The van der Waals surface area contributed by atoms with Gasteiger partial charge < -0.3 is 15.0 Å². The summed E-state index contributed by atoms with van der Waals surface area (Å²) in [6.07, 6.45) is 0.364. The van der Waals surface area contributed by atoms with Crippen LogP contribution < -0.4 is 14.4 Å². The third kappa shape index (κ3) is 8.33. The lowest BCUT2D eigenvalue weighted by molar-refractivity contribution is -0.140. The Labute approximate surface area is 244 Å². The number of nitrogens with one attached hydrogen (secondary N) is 1. The molecule has 0 spiro atoms. The van der Waals surface area contributed by atoms with Crippen molar-refractivity contribution < 1.29 is 22.7 Å². The van der Waals surface area contributed by atoms with Gasteiger partial charge in [-0.05, 0) is 56.0 Å². The van der Waals surface area contributed by atoms with E-state index in [0.717, 1.165) is 15.4 Å². The normalized spacial score (nSPS) is 12.0. The van der Waals surface area contributed by atoms with Crippen LogP contribution in [-0.2, 0) is 26.2 Å². The van der Waals surface area contributed by atoms with E-state index >= 15 is 0 Å². The Morgan fingerprint density at radius 3 is 2.15 bits per heavy atom. The van der Waals surface area contributed by atoms with Gasteiger partial charge in [0.2, 0.25) is 11.8 Å². The van der Waals surface area contributed by atoms with Gasteiger partial charge in [0.15, 0.2) is 0 Å². The summed E-state index contributed by atoms with van der Waals surface area (Å²) < 4.78 is 34.9. The Bertz CT molecular complexity index is 1390. The van der Waals surface area contributed by atoms with E-state index in [1.165, 1.54) is 17.0 Å². The molecule has 220 valence electrons. The van der Waals surface area contributed by atoms with Crippen LogP contribution in [0.4, 0.5) is 5.69 Å². The molecule has 0 aliphatic heterocycles. The van der Waals surface area contributed by atoms with Crippen molar-refractivity contribution in [1.82, 2.24) is 10.2 Å². The van der Waals surface area contributed by atoms with Crippen LogP contribution in [0.1, 0.15) is 45.2 Å². The summed E-state index contributed by atoms with van der Waals surface area (Å²) in [4.78, 5) is 29.0. The van der Waals surface area contributed by atoms with Gasteiger partial charge in [-0.15, -0.1) is 0 Å². The Kier molecular flexibility index (Phi) is 11.3. The third-order valence-corrected chi connectivity index (χ3v) is 8.36. The summed E-state index contributed by atoms with van der Waals surface area (Å²) in [6, 6.07) is 21.7. The first-order valence-corrected chi connectivity index (χ1v) is 15.4. The molecule has 1 N–H and O–H groups in total. The third-order valence-electron chi connectivity index (χ3n) is 6.59. The molecule has 0 fully saturated rings. The summed E-state index contributed by atoms with van der Waals surface area (Å²) >= 11 is 0. The molecule has 3 aromatic rings. The van der Waals surface area contributed by atoms with Gasteiger partial charge >= 0.3 is 0 Å². The maximum atomic E-state index is 14.2. The van der Waals surface area contributed by atoms with E-state index in [9.17, 15) is 18.0 Å². The molecular formula is C32H41N3O5S. The number of para-hydroxylation sites is 2. The monoisotopic (exact) mass is 579 g/mol. The van der Waals surface area contributed by atoms with Gasteiger partial charge in [-0.3, -0.25) is 13.9 Å². The average Bonchev–Trinajstić information content (AvgIpc) is 2.96. The predicted octanol–water partition coefficient (Wildman–Crippen LogP) is 5.17. The van der Waals surface area contributed by atoms with Crippen molar-refractivity contribution >= 4 is 27.5 Å². The standard InChI is InChI=1S/C32H41N3O5S/c1-6-28(32(37)33-21-24(3)4)34(22-26-19-17-25(5)18-20-26)31(36)23-35(29-15-11-12-16-30(29)40-7-2)41(38,39)27-13-9-8-10-14-27/h8-20,24,28H,6-7,21-23H2,1-5H3,(H,33,37). The van der Waals surface area contributed by atoms with Gasteiger partial charge in [0.05, 0.1) is 17.2 Å². The number of carbonyl (C=O) groups excluding carboxylic acids is 2. The van der Waals surface area contributed by atoms with E-state index in [2.05, 4.69) is 5.32 Å². The summed E-state index contributed by atoms with van der Waals surface area (Å²) in [5.41, 5.74) is 2.16. The lowest BCUT2D eigenvalue weighted by Gasteiger charge is -2.33. The zero-order chi connectivity index (χ0) is 30.0. The molecule has 0 radical (unpaired) electrons. The molecule has 0 saturated heterocycles. The number of carbonyl (C=O) groups is 2. The lowest BCUT2D eigenvalue weighted by atomic mass is 10.1. The van der Waals surface area contributed by atoms with Gasteiger partial charge in [-0.25, -0.2) is 8.42 Å². The minimum absolute atomic E-state index is 0.0471. The number of rotatable bonds is 14. The smallest absolute Gasteiger partial charge is 0.264 e. The van der Waals surface area contributed by atoms with Crippen molar-refractivity contribution in [3.05, 3.63) is 90.0 Å². The fourth-order valence-corrected chi connectivity index (χ4v) is 5.85. The number of aryl methyl sites for hydroxylation is 1. The fraction of sp³-hybridized carbons (Fsp3) is 0.375. The number of benzene rings is 3. The van der Waals surface area contributed by atoms with Gasteiger partial charge in [0.25, 0.3) is 10.0 Å². The Morgan fingerprint density at radius 1 is 0.902 bits per heavy atom. The van der Waals surface area contributed by atoms with Crippen molar-refractivity contribution in [2.75, 3.05) is 24.0 Å². The molecule has 0 aliphatic carbocycles. The first kappa shape index (κ1) is 31.7. The Balaban J connectivity index is 2.08. The van der Waals surface area contributed by atoms with Gasteiger partial charge in [0.1, 0.15) is 18.3 Å². The quantitative estimate of drug-likeness (QED) is 0.284. The number of sulfonamides is 1. The van der Waals surface area contributed by atoms with Crippen LogP contribution in [0, 0.1) is 12.8 Å². The number of nitrogens with zero attached hydrogens (tertiary/aromatic N) is 2. The molecule has 9 heteroatoms. The predicted molar refractivity (Wildman–Crippen MR) is 162 cm³/mol. The highest BCUT2D eigenvalue weighted by Gasteiger charge is 2.34. The summed E-state index contributed by atoms with van der Waals surface area (Å²) in [5.74, 6) is -0.190. The molecule has 0 bridgehead atoms. The van der Waals surface area contributed by atoms with E-state index in [4.69, 9.17) is 4.74 Å². The molecule has 2 amide bonds. The number of hydrogen-bond acceptors (Lipinski definition) is 5. The summed E-state index contributed by atoms with van der Waals surface area (Å²) in [7, 11) is -4.17. The van der Waals surface area contributed by atoms with Crippen LogP contribution in [0.25, 0.3) is 0 Å². The minimum atomic E-state index is -4.17. The van der Waals surface area contributed by atoms with Crippen molar-refractivity contribution in [1.29, 1.82) is 0 Å². The highest BCUT2D eigenvalue weighted by molar-refractivity contribution is 7.92. The van der Waals surface area contributed by atoms with Gasteiger partial charge in [-0.1, -0.05) is 80.9 Å². The molecule has 0 saturated carbocycles. The average molecular weight is 580 g/mol. The van der Waals surface area contributed by atoms with E-state index in [1.54, 1.807) is 42.5 Å². The molecular weight excluding hydrogens is 538 g/mol. The largest absolute Gasteiger partial charge is 0.492 e. The van der Waals surface area contributed by atoms with E-state index in [1.807, 2.05) is 58.9 Å². The van der Waals surface area contributed by atoms with Crippen LogP contribution in [-0.4, -0.2) is 50.9 Å². The minimum Gasteiger partial charge on any atom is -0.492 e. The second-order valence-electron chi connectivity index (χ2n) is 10.3. The second-order valence-corrected chi connectivity index (χ2v) is 12.2. The molecule has 0 heterocycles. The highest BCUT2D eigenvalue weighted by atomic mass is 32.2. The molecule has 8 nitrogen and oxygen atoms in total. The van der Waals surface area contributed by atoms with E-state index < -0.39 is 28.5 Å². The molecule has 0 aliphatic rings. The fourth-order valence-electron chi connectivity index (χ4n) is 4.41. The lowest BCUT2D eigenvalue weighted by Crippen LogP contribution is -2.52. The van der Waals surface area contributed by atoms with Crippen molar-refractivity contribution in [3.63, 3.8) is 0 Å². The number of hydrogen-bond donors (Lipinski definition) is 1. The molecule has 0 aromatic heterocycles. The maximum Gasteiger partial charge on any atom is 0.264 e. The van der Waals surface area contributed by atoms with E-state index in [-0.39, 0.29) is 29.0 Å². The molecule has 41 heavy (non-hydrogen) atoms. The number of amides is 2. The maximum absolute atomic E-state index is 14.2. The first-order valence-electron chi connectivity index (χ1n) is 14.0.